The summed E-state index contributed by atoms with van der Waals surface area (Å²) >= 11 is 1.46. The number of fused-ring (bicyclic) bond motifs is 1. The summed E-state index contributed by atoms with van der Waals surface area (Å²) in [7, 11) is 0. The summed E-state index contributed by atoms with van der Waals surface area (Å²) in [5.74, 6) is 0.888. The predicted octanol–water partition coefficient (Wildman–Crippen LogP) is 2.67. The van der Waals surface area contributed by atoms with Gasteiger partial charge < -0.3 is 10.3 Å². The first-order valence-electron chi connectivity index (χ1n) is 4.62. The molecule has 3 nitrogen and oxygen atoms in total. The first-order chi connectivity index (χ1) is 7.34. The molecular formula is C11H9N3S. The Hall–Kier alpha value is -1.81. The number of para-hydroxylation sites is 1. The van der Waals surface area contributed by atoms with Gasteiger partial charge in [-0.15, -0.1) is 11.3 Å². The second kappa shape index (κ2) is 3.10. The van der Waals surface area contributed by atoms with Crippen molar-refractivity contribution in [3.63, 3.8) is 0 Å². The molecule has 0 spiro atoms. The minimum Gasteiger partial charge on any atom is -0.375 e. The Morgan fingerprint density at radius 2 is 2.07 bits per heavy atom. The molecule has 0 saturated carbocycles. The van der Waals surface area contributed by atoms with Crippen LogP contribution in [0.3, 0.4) is 0 Å². The lowest BCUT2D eigenvalue weighted by molar-refractivity contribution is 1.07. The second-order valence-corrected chi connectivity index (χ2v) is 4.18. The van der Waals surface area contributed by atoms with Crippen LogP contribution in [0.5, 0.6) is 0 Å². The maximum absolute atomic E-state index is 5.62. The van der Waals surface area contributed by atoms with Crippen molar-refractivity contribution < 1.29 is 0 Å². The van der Waals surface area contributed by atoms with Crippen LogP contribution in [-0.4, -0.2) is 9.55 Å². The smallest absolute Gasteiger partial charge is 0.182 e. The highest BCUT2D eigenvalue weighted by atomic mass is 32.1. The third kappa shape index (κ3) is 1.30. The Morgan fingerprint density at radius 3 is 2.87 bits per heavy atom. The van der Waals surface area contributed by atoms with Crippen molar-refractivity contribution in [2.24, 2.45) is 0 Å². The number of anilines is 1. The first-order valence-corrected chi connectivity index (χ1v) is 5.50. The van der Waals surface area contributed by atoms with Crippen LogP contribution in [0.2, 0.25) is 0 Å². The zero-order valence-corrected chi connectivity index (χ0v) is 8.74. The molecule has 4 heteroatoms. The van der Waals surface area contributed by atoms with E-state index in [-0.39, 0.29) is 0 Å². The summed E-state index contributed by atoms with van der Waals surface area (Å²) in [4.78, 5) is 4.26. The molecule has 0 saturated heterocycles. The van der Waals surface area contributed by atoms with Crippen LogP contribution in [0, 0.1) is 0 Å². The van der Waals surface area contributed by atoms with Gasteiger partial charge >= 0.3 is 0 Å². The number of hydrogen-bond acceptors (Lipinski definition) is 3. The number of nitrogens with zero attached hydrogens (tertiary/aromatic N) is 2. The van der Waals surface area contributed by atoms with Crippen LogP contribution >= 0.6 is 11.3 Å². The lowest BCUT2D eigenvalue weighted by Crippen LogP contribution is -1.92. The average Bonchev–Trinajstić information content (AvgIpc) is 2.83. The molecule has 0 unspecified atom stereocenters. The average molecular weight is 215 g/mol. The Kier molecular flexibility index (Phi) is 1.76. The molecule has 0 fully saturated rings. The molecular weight excluding hydrogens is 206 g/mol. The Labute approximate surface area is 90.8 Å². The van der Waals surface area contributed by atoms with Crippen molar-refractivity contribution in [3.05, 3.63) is 41.9 Å². The Bertz CT molecular complexity index is 609. The molecule has 0 aliphatic carbocycles. The number of nitrogens with two attached hydrogens (primary N) is 1. The van der Waals surface area contributed by atoms with Crippen LogP contribution in [0.4, 0.5) is 5.13 Å². The second-order valence-electron chi connectivity index (χ2n) is 3.29. The van der Waals surface area contributed by atoms with Gasteiger partial charge in [0.25, 0.3) is 0 Å². The van der Waals surface area contributed by atoms with Crippen LogP contribution < -0.4 is 5.73 Å². The van der Waals surface area contributed by atoms with Crippen molar-refractivity contribution in [3.8, 4) is 5.82 Å². The SMILES string of the molecule is Nc1nc(-n2ccc3ccccc32)cs1. The van der Waals surface area contributed by atoms with Gasteiger partial charge in [0.2, 0.25) is 0 Å². The van der Waals surface area contributed by atoms with E-state index in [0.717, 1.165) is 11.3 Å². The predicted molar refractivity (Wildman–Crippen MR) is 63.4 cm³/mol. The van der Waals surface area contributed by atoms with E-state index < -0.39 is 0 Å². The van der Waals surface area contributed by atoms with E-state index in [2.05, 4.69) is 23.2 Å². The fraction of sp³-hybridized carbons (Fsp3) is 0. The highest BCUT2D eigenvalue weighted by Crippen LogP contribution is 2.22. The van der Waals surface area contributed by atoms with Crippen molar-refractivity contribution >= 4 is 27.4 Å². The van der Waals surface area contributed by atoms with Gasteiger partial charge in [-0.1, -0.05) is 18.2 Å². The van der Waals surface area contributed by atoms with Crippen LogP contribution in [-0.2, 0) is 0 Å². The minimum atomic E-state index is 0.600. The van der Waals surface area contributed by atoms with Gasteiger partial charge in [0, 0.05) is 11.6 Å². The van der Waals surface area contributed by atoms with Crippen molar-refractivity contribution in [1.29, 1.82) is 0 Å². The summed E-state index contributed by atoms with van der Waals surface area (Å²) in [6, 6.07) is 10.3. The maximum Gasteiger partial charge on any atom is 0.182 e. The zero-order chi connectivity index (χ0) is 10.3. The van der Waals surface area contributed by atoms with Crippen molar-refractivity contribution in [2.45, 2.75) is 0 Å². The molecule has 0 radical (unpaired) electrons. The third-order valence-electron chi connectivity index (χ3n) is 2.36. The lowest BCUT2D eigenvalue weighted by Gasteiger charge is -1.99. The summed E-state index contributed by atoms with van der Waals surface area (Å²) in [6.07, 6.45) is 2.01. The van der Waals surface area contributed by atoms with E-state index in [9.17, 15) is 0 Å². The van der Waals surface area contributed by atoms with Crippen LogP contribution in [0.15, 0.2) is 41.9 Å². The quantitative estimate of drug-likeness (QED) is 0.678. The Morgan fingerprint density at radius 1 is 1.20 bits per heavy atom. The zero-order valence-electron chi connectivity index (χ0n) is 7.92. The third-order valence-corrected chi connectivity index (χ3v) is 3.02. The fourth-order valence-electron chi connectivity index (χ4n) is 1.67. The number of thiazole rings is 1. The lowest BCUT2D eigenvalue weighted by atomic mass is 10.2. The van der Waals surface area contributed by atoms with E-state index in [1.165, 1.54) is 16.7 Å². The standard InChI is InChI=1S/C11H9N3S/c12-11-13-10(7-15-11)14-6-5-8-3-1-2-4-9(8)14/h1-7H,(H2,12,13). The molecule has 74 valence electrons. The monoisotopic (exact) mass is 215 g/mol. The number of aromatic nitrogens is 2. The van der Waals surface area contributed by atoms with Gasteiger partial charge in [0.15, 0.2) is 10.9 Å². The molecule has 0 atom stereocenters. The Balaban J connectivity index is 2.27. The van der Waals surface area contributed by atoms with E-state index in [1.54, 1.807) is 0 Å². The van der Waals surface area contributed by atoms with Crippen LogP contribution in [0.25, 0.3) is 16.7 Å². The van der Waals surface area contributed by atoms with Crippen molar-refractivity contribution in [2.75, 3.05) is 5.73 Å². The molecule has 0 bridgehead atoms. The highest BCUT2D eigenvalue weighted by molar-refractivity contribution is 7.13. The van der Waals surface area contributed by atoms with Gasteiger partial charge in [0.1, 0.15) is 0 Å². The van der Waals surface area contributed by atoms with E-state index in [1.807, 2.05) is 28.3 Å². The van der Waals surface area contributed by atoms with Crippen molar-refractivity contribution in [1.82, 2.24) is 9.55 Å². The van der Waals surface area contributed by atoms with Crippen LogP contribution in [0.1, 0.15) is 0 Å². The highest BCUT2D eigenvalue weighted by Gasteiger charge is 2.04. The summed E-state index contributed by atoms with van der Waals surface area (Å²) < 4.78 is 2.04. The molecule has 0 amide bonds. The molecule has 2 heterocycles. The molecule has 15 heavy (non-hydrogen) atoms. The molecule has 0 aliphatic rings. The van der Waals surface area contributed by atoms with Gasteiger partial charge in [-0.3, -0.25) is 0 Å². The number of hydrogen-bond donors (Lipinski definition) is 1. The fourth-order valence-corrected chi connectivity index (χ4v) is 2.21. The van der Waals surface area contributed by atoms with Gasteiger partial charge in [-0.2, -0.15) is 0 Å². The topological polar surface area (TPSA) is 43.8 Å². The van der Waals surface area contributed by atoms with Gasteiger partial charge in [0.05, 0.1) is 5.52 Å². The maximum atomic E-state index is 5.62. The number of rotatable bonds is 1. The normalized spacial score (nSPS) is 10.9. The van der Waals surface area contributed by atoms with E-state index >= 15 is 0 Å². The largest absolute Gasteiger partial charge is 0.375 e. The van der Waals surface area contributed by atoms with Gasteiger partial charge in [-0.25, -0.2) is 4.98 Å². The molecule has 0 aliphatic heterocycles. The number of nitrogen functional groups attached to an aromatic ring is 1. The van der Waals surface area contributed by atoms with E-state index in [4.69, 9.17) is 5.73 Å². The van der Waals surface area contributed by atoms with E-state index in [0.29, 0.717) is 5.13 Å². The molecule has 3 rings (SSSR count). The summed E-state index contributed by atoms with van der Waals surface area (Å²) in [6.45, 7) is 0. The first kappa shape index (κ1) is 8.49. The summed E-state index contributed by atoms with van der Waals surface area (Å²) in [5.41, 5.74) is 6.78. The molecule has 1 aromatic carbocycles. The molecule has 3 aromatic rings. The minimum absolute atomic E-state index is 0.600. The number of benzene rings is 1. The van der Waals surface area contributed by atoms with Gasteiger partial charge in [-0.05, 0) is 17.5 Å². The molecule has 2 N–H and O–H groups in total. The summed E-state index contributed by atoms with van der Waals surface area (Å²) in [5, 5.41) is 3.77. The molecule has 2 aromatic heterocycles.